The molecule has 0 aliphatic carbocycles. The van der Waals surface area contributed by atoms with E-state index in [1.807, 2.05) is 0 Å². The third-order valence-electron chi connectivity index (χ3n) is 2.01. The lowest BCUT2D eigenvalue weighted by molar-refractivity contribution is -0.203. The van der Waals surface area contributed by atoms with Crippen molar-refractivity contribution in [1.82, 2.24) is 5.01 Å². The van der Waals surface area contributed by atoms with E-state index in [0.29, 0.717) is 10.6 Å². The SMILES string of the molecule is CN(N=O)C(OCC(F)(F)F)c1cccc(Cl)c1. The molecular formula is C10H10ClF3N2O2. The first-order chi connectivity index (χ1) is 8.33. The number of ether oxygens (including phenoxy) is 1. The van der Waals surface area contributed by atoms with Crippen LogP contribution >= 0.6 is 11.6 Å². The maximum atomic E-state index is 12.1. The van der Waals surface area contributed by atoms with Crippen LogP contribution < -0.4 is 0 Å². The monoisotopic (exact) mass is 282 g/mol. The summed E-state index contributed by atoms with van der Waals surface area (Å²) >= 11 is 5.72. The van der Waals surface area contributed by atoms with Gasteiger partial charge in [0.05, 0.1) is 5.29 Å². The largest absolute Gasteiger partial charge is 0.411 e. The molecule has 4 nitrogen and oxygen atoms in total. The van der Waals surface area contributed by atoms with E-state index in [0.717, 1.165) is 5.01 Å². The predicted molar refractivity (Wildman–Crippen MR) is 59.8 cm³/mol. The van der Waals surface area contributed by atoms with Crippen molar-refractivity contribution >= 4 is 11.6 Å². The van der Waals surface area contributed by atoms with Crippen LogP contribution in [0.3, 0.4) is 0 Å². The van der Waals surface area contributed by atoms with Crippen molar-refractivity contribution in [3.05, 3.63) is 39.8 Å². The number of alkyl halides is 3. The fourth-order valence-corrected chi connectivity index (χ4v) is 1.49. The molecule has 1 atom stereocenters. The van der Waals surface area contributed by atoms with Gasteiger partial charge in [-0.3, -0.25) is 0 Å². The highest BCUT2D eigenvalue weighted by Gasteiger charge is 2.31. The zero-order chi connectivity index (χ0) is 13.8. The second-order valence-corrected chi connectivity index (χ2v) is 3.93. The van der Waals surface area contributed by atoms with Crippen LogP contribution in [0.25, 0.3) is 0 Å². The minimum Gasteiger partial charge on any atom is -0.343 e. The second-order valence-electron chi connectivity index (χ2n) is 3.49. The molecule has 1 aromatic carbocycles. The van der Waals surface area contributed by atoms with Gasteiger partial charge >= 0.3 is 6.18 Å². The van der Waals surface area contributed by atoms with Crippen LogP contribution in [0.5, 0.6) is 0 Å². The van der Waals surface area contributed by atoms with Crippen LogP contribution in [0.4, 0.5) is 13.2 Å². The maximum Gasteiger partial charge on any atom is 0.411 e. The van der Waals surface area contributed by atoms with Gasteiger partial charge in [0.2, 0.25) is 0 Å². The summed E-state index contributed by atoms with van der Waals surface area (Å²) < 4.78 is 40.9. The number of nitroso groups, excluding NO2 is 1. The molecule has 0 spiro atoms. The van der Waals surface area contributed by atoms with Gasteiger partial charge in [0.25, 0.3) is 0 Å². The van der Waals surface area contributed by atoms with Crippen LogP contribution in [0.15, 0.2) is 29.6 Å². The lowest BCUT2D eigenvalue weighted by Crippen LogP contribution is -2.27. The first-order valence-electron chi connectivity index (χ1n) is 4.83. The third kappa shape index (κ3) is 4.50. The fraction of sp³-hybridized carbons (Fsp3) is 0.400. The van der Waals surface area contributed by atoms with Gasteiger partial charge in [-0.05, 0) is 12.1 Å². The Bertz CT molecular complexity index is 414. The maximum absolute atomic E-state index is 12.1. The fourth-order valence-electron chi connectivity index (χ4n) is 1.30. The number of rotatable bonds is 5. The van der Waals surface area contributed by atoms with Crippen LogP contribution in [0.2, 0.25) is 5.02 Å². The Kier molecular flexibility index (Phi) is 4.92. The topological polar surface area (TPSA) is 41.9 Å². The molecule has 0 N–H and O–H groups in total. The molecule has 1 unspecified atom stereocenters. The Morgan fingerprint density at radius 2 is 2.17 bits per heavy atom. The van der Waals surface area contributed by atoms with Gasteiger partial charge in [0, 0.05) is 17.6 Å². The average molecular weight is 283 g/mol. The quantitative estimate of drug-likeness (QED) is 0.471. The van der Waals surface area contributed by atoms with Gasteiger partial charge < -0.3 is 4.74 Å². The molecule has 100 valence electrons. The third-order valence-corrected chi connectivity index (χ3v) is 2.24. The van der Waals surface area contributed by atoms with Crippen molar-refractivity contribution in [3.63, 3.8) is 0 Å². The number of nitrogens with zero attached hydrogens (tertiary/aromatic N) is 2. The van der Waals surface area contributed by atoms with E-state index >= 15 is 0 Å². The van der Waals surface area contributed by atoms with Crippen molar-refractivity contribution in [2.75, 3.05) is 13.7 Å². The normalized spacial score (nSPS) is 13.2. The Labute approximate surface area is 106 Å². The molecule has 0 bridgehead atoms. The minimum absolute atomic E-state index is 0.314. The Morgan fingerprint density at radius 3 is 2.67 bits per heavy atom. The molecule has 0 amide bonds. The summed E-state index contributed by atoms with van der Waals surface area (Å²) in [4.78, 5) is 10.4. The molecule has 0 radical (unpaired) electrons. The second kappa shape index (κ2) is 6.01. The van der Waals surface area contributed by atoms with E-state index in [4.69, 9.17) is 11.6 Å². The molecule has 0 aromatic heterocycles. The van der Waals surface area contributed by atoms with Gasteiger partial charge in [-0.1, -0.05) is 23.7 Å². The van der Waals surface area contributed by atoms with E-state index in [9.17, 15) is 18.1 Å². The van der Waals surface area contributed by atoms with Crippen LogP contribution in [0.1, 0.15) is 11.8 Å². The molecule has 8 heteroatoms. The minimum atomic E-state index is -4.49. The van der Waals surface area contributed by atoms with Gasteiger partial charge in [0.1, 0.15) is 6.61 Å². The van der Waals surface area contributed by atoms with Crippen LogP contribution in [-0.2, 0) is 4.74 Å². The molecule has 0 saturated heterocycles. The zero-order valence-corrected chi connectivity index (χ0v) is 10.1. The lowest BCUT2D eigenvalue weighted by Gasteiger charge is -2.24. The van der Waals surface area contributed by atoms with Crippen molar-refractivity contribution in [2.45, 2.75) is 12.4 Å². The first kappa shape index (κ1) is 14.7. The summed E-state index contributed by atoms with van der Waals surface area (Å²) in [7, 11) is 1.22. The van der Waals surface area contributed by atoms with E-state index < -0.39 is 19.0 Å². The van der Waals surface area contributed by atoms with Crippen molar-refractivity contribution in [1.29, 1.82) is 0 Å². The zero-order valence-electron chi connectivity index (χ0n) is 9.32. The van der Waals surface area contributed by atoms with Crippen molar-refractivity contribution < 1.29 is 17.9 Å². The molecule has 1 aromatic rings. The molecule has 0 saturated carbocycles. The molecule has 0 aliphatic rings. The van der Waals surface area contributed by atoms with Crippen molar-refractivity contribution in [3.8, 4) is 0 Å². The van der Waals surface area contributed by atoms with Crippen LogP contribution in [0, 0.1) is 4.91 Å². The summed E-state index contributed by atoms with van der Waals surface area (Å²) in [6, 6.07) is 6.00. The summed E-state index contributed by atoms with van der Waals surface area (Å²) in [5.41, 5.74) is 0.314. The van der Waals surface area contributed by atoms with E-state index in [1.54, 1.807) is 12.1 Å². The highest BCUT2D eigenvalue weighted by atomic mass is 35.5. The molecule has 0 fully saturated rings. The van der Waals surface area contributed by atoms with Gasteiger partial charge in [-0.25, -0.2) is 5.01 Å². The van der Waals surface area contributed by atoms with E-state index in [2.05, 4.69) is 10.0 Å². The van der Waals surface area contributed by atoms with E-state index in [-0.39, 0.29) is 0 Å². The average Bonchev–Trinajstić information content (AvgIpc) is 2.27. The van der Waals surface area contributed by atoms with Gasteiger partial charge in [-0.2, -0.15) is 13.2 Å². The Hall–Kier alpha value is -1.34. The van der Waals surface area contributed by atoms with Crippen LogP contribution in [-0.4, -0.2) is 24.8 Å². The highest BCUT2D eigenvalue weighted by molar-refractivity contribution is 6.30. The van der Waals surface area contributed by atoms with Gasteiger partial charge in [0.15, 0.2) is 6.23 Å². The molecule has 18 heavy (non-hydrogen) atoms. The Balaban J connectivity index is 2.88. The summed E-state index contributed by atoms with van der Waals surface area (Å²) in [5.74, 6) is 0. The highest BCUT2D eigenvalue weighted by Crippen LogP contribution is 2.26. The van der Waals surface area contributed by atoms with Crippen molar-refractivity contribution in [2.24, 2.45) is 5.29 Å². The van der Waals surface area contributed by atoms with E-state index in [1.165, 1.54) is 19.2 Å². The summed E-state index contributed by atoms with van der Waals surface area (Å²) in [6.45, 7) is -1.48. The Morgan fingerprint density at radius 1 is 1.50 bits per heavy atom. The predicted octanol–water partition coefficient (Wildman–Crippen LogP) is 3.53. The first-order valence-corrected chi connectivity index (χ1v) is 5.21. The smallest absolute Gasteiger partial charge is 0.343 e. The number of hydrogen-bond acceptors (Lipinski definition) is 3. The summed E-state index contributed by atoms with van der Waals surface area (Å²) in [5, 5.41) is 3.62. The summed E-state index contributed by atoms with van der Waals surface area (Å²) in [6.07, 6.45) is -5.72. The lowest BCUT2D eigenvalue weighted by atomic mass is 10.2. The number of benzene rings is 1. The molecule has 0 aliphatic heterocycles. The molecular weight excluding hydrogens is 273 g/mol. The standard InChI is InChI=1S/C10H10ClF3N2O2/c1-16(15-17)9(18-6-10(12,13)14)7-3-2-4-8(11)5-7/h2-5,9H,6H2,1H3. The van der Waals surface area contributed by atoms with Gasteiger partial charge in [-0.15, -0.1) is 4.91 Å². The molecule has 0 heterocycles. The number of halogens is 4. The number of hydrogen-bond donors (Lipinski definition) is 0. The molecule has 1 rings (SSSR count).